The number of benzene rings is 1. The van der Waals surface area contributed by atoms with Crippen LogP contribution in [0, 0.1) is 16.0 Å². The molecule has 3 aromatic rings. The summed E-state index contributed by atoms with van der Waals surface area (Å²) in [4.78, 5) is 34.4. The van der Waals surface area contributed by atoms with Gasteiger partial charge >= 0.3 is 0 Å². The Kier molecular flexibility index (Phi) is 5.87. The molecule has 1 aromatic carbocycles. The van der Waals surface area contributed by atoms with Crippen molar-refractivity contribution in [2.45, 2.75) is 31.2 Å². The third kappa shape index (κ3) is 4.10. The molecule has 0 saturated carbocycles. The number of nitro benzene ring substituents is 1. The Labute approximate surface area is 181 Å². The molecule has 2 aromatic heterocycles. The maximum Gasteiger partial charge on any atom is 0.296 e. The van der Waals surface area contributed by atoms with Gasteiger partial charge in [0.1, 0.15) is 27.6 Å². The zero-order valence-electron chi connectivity index (χ0n) is 16.5. The minimum Gasteiger partial charge on any atom is -0.496 e. The van der Waals surface area contributed by atoms with Gasteiger partial charge in [0.25, 0.3) is 5.69 Å². The second kappa shape index (κ2) is 8.57. The molecule has 0 aliphatic heterocycles. The zero-order chi connectivity index (χ0) is 21.3. The van der Waals surface area contributed by atoms with Crippen LogP contribution in [0.2, 0.25) is 0 Å². The average Bonchev–Trinajstić information content (AvgIpc) is 3.10. The third-order valence-electron chi connectivity index (χ3n) is 5.07. The normalized spacial score (nSPS) is 15.6. The molecule has 1 aliphatic carbocycles. The van der Waals surface area contributed by atoms with Crippen LogP contribution >= 0.6 is 23.1 Å². The van der Waals surface area contributed by atoms with Crippen LogP contribution in [0.3, 0.4) is 0 Å². The number of carbonyl (C=O) groups excluding carboxylic acids is 1. The fourth-order valence-corrected chi connectivity index (χ4v) is 5.81. The summed E-state index contributed by atoms with van der Waals surface area (Å²) in [6.45, 7) is 2.26. The number of hydrogen-bond donors (Lipinski definition) is 1. The topological polar surface area (TPSA) is 107 Å². The van der Waals surface area contributed by atoms with Gasteiger partial charge in [-0.05, 0) is 42.9 Å². The van der Waals surface area contributed by atoms with Crippen LogP contribution in [0.15, 0.2) is 29.6 Å². The average molecular weight is 445 g/mol. The van der Waals surface area contributed by atoms with Crippen LogP contribution in [-0.2, 0) is 17.6 Å². The van der Waals surface area contributed by atoms with E-state index in [0.29, 0.717) is 11.7 Å². The molecule has 0 fully saturated rings. The van der Waals surface area contributed by atoms with E-state index < -0.39 is 4.92 Å². The molecule has 0 spiro atoms. The summed E-state index contributed by atoms with van der Waals surface area (Å²) >= 11 is 3.04. The van der Waals surface area contributed by atoms with E-state index in [2.05, 4.69) is 22.2 Å². The second-order valence-electron chi connectivity index (χ2n) is 7.19. The predicted octanol–water partition coefficient (Wildman–Crippen LogP) is 4.46. The maximum absolute atomic E-state index is 12.5. The Balaban J connectivity index is 1.51. The van der Waals surface area contributed by atoms with Crippen molar-refractivity contribution in [3.05, 3.63) is 45.1 Å². The number of thioether (sulfide) groups is 1. The van der Waals surface area contributed by atoms with E-state index in [-0.39, 0.29) is 23.0 Å². The molecule has 1 amide bonds. The van der Waals surface area contributed by atoms with Gasteiger partial charge in [0.2, 0.25) is 5.91 Å². The highest BCUT2D eigenvalue weighted by molar-refractivity contribution is 8.00. The van der Waals surface area contributed by atoms with Gasteiger partial charge in [0.15, 0.2) is 0 Å². The molecule has 1 N–H and O–H groups in total. The molecule has 30 heavy (non-hydrogen) atoms. The number of ether oxygens (including phenoxy) is 1. The highest BCUT2D eigenvalue weighted by atomic mass is 32.2. The van der Waals surface area contributed by atoms with Crippen LogP contribution in [0.5, 0.6) is 5.75 Å². The van der Waals surface area contributed by atoms with Crippen molar-refractivity contribution >= 4 is 50.6 Å². The van der Waals surface area contributed by atoms with Crippen molar-refractivity contribution in [3.63, 3.8) is 0 Å². The summed E-state index contributed by atoms with van der Waals surface area (Å²) in [5.74, 6) is 0.781. The van der Waals surface area contributed by atoms with Crippen molar-refractivity contribution in [1.82, 2.24) is 9.97 Å². The van der Waals surface area contributed by atoms with E-state index in [9.17, 15) is 14.9 Å². The lowest BCUT2D eigenvalue weighted by Crippen LogP contribution is -2.15. The second-order valence-corrected chi connectivity index (χ2v) is 9.24. The first-order chi connectivity index (χ1) is 14.5. The fraction of sp³-hybridized carbons (Fsp3) is 0.350. The van der Waals surface area contributed by atoms with Gasteiger partial charge in [-0.25, -0.2) is 9.97 Å². The monoisotopic (exact) mass is 444 g/mol. The minimum absolute atomic E-state index is 0.0936. The van der Waals surface area contributed by atoms with E-state index in [1.807, 2.05) is 0 Å². The van der Waals surface area contributed by atoms with Gasteiger partial charge in [-0.15, -0.1) is 11.3 Å². The lowest BCUT2D eigenvalue weighted by molar-refractivity contribution is -0.384. The maximum atomic E-state index is 12.5. The minimum atomic E-state index is -0.544. The molecule has 8 nitrogen and oxygen atoms in total. The van der Waals surface area contributed by atoms with Crippen molar-refractivity contribution in [1.29, 1.82) is 0 Å². The number of nitrogens with zero attached hydrogens (tertiary/aromatic N) is 3. The number of hydrogen-bond acceptors (Lipinski definition) is 8. The standard InChI is InChI=1S/C20H20N4O4S2/c1-11-3-5-13-16(7-11)30-20-18(13)19(21-10-22-20)29-9-17(25)23-14-6-4-12(28-2)8-15(14)24(26)27/h4,6,8,10-11H,3,5,7,9H2,1-2H3,(H,23,25). The molecular weight excluding hydrogens is 424 g/mol. The van der Waals surface area contributed by atoms with Crippen molar-refractivity contribution in [2.75, 3.05) is 18.2 Å². The fourth-order valence-electron chi connectivity index (χ4n) is 3.57. The summed E-state index contributed by atoms with van der Waals surface area (Å²) in [7, 11) is 1.43. The molecule has 2 heterocycles. The summed E-state index contributed by atoms with van der Waals surface area (Å²) in [5.41, 5.74) is 1.24. The molecule has 0 bridgehead atoms. The molecular formula is C20H20N4O4S2. The number of carbonyl (C=O) groups is 1. The number of aromatic nitrogens is 2. The van der Waals surface area contributed by atoms with E-state index in [0.717, 1.165) is 34.5 Å². The van der Waals surface area contributed by atoms with Crippen LogP contribution in [0.1, 0.15) is 23.8 Å². The first-order valence-corrected chi connectivity index (χ1v) is 11.3. The Morgan fingerprint density at radius 3 is 3.03 bits per heavy atom. The van der Waals surface area contributed by atoms with E-state index in [1.165, 1.54) is 47.8 Å². The van der Waals surface area contributed by atoms with Gasteiger partial charge in [-0.2, -0.15) is 0 Å². The van der Waals surface area contributed by atoms with E-state index in [4.69, 9.17) is 4.74 Å². The number of anilines is 1. The van der Waals surface area contributed by atoms with Crippen molar-refractivity contribution < 1.29 is 14.5 Å². The quantitative estimate of drug-likeness (QED) is 0.259. The molecule has 0 radical (unpaired) electrons. The predicted molar refractivity (Wildman–Crippen MR) is 118 cm³/mol. The Bertz CT molecular complexity index is 1130. The Morgan fingerprint density at radius 1 is 1.43 bits per heavy atom. The Morgan fingerprint density at radius 2 is 2.27 bits per heavy atom. The van der Waals surface area contributed by atoms with Gasteiger partial charge in [0, 0.05) is 10.3 Å². The number of aryl methyl sites for hydroxylation is 1. The number of rotatable bonds is 6. The lowest BCUT2D eigenvalue weighted by Gasteiger charge is -2.18. The largest absolute Gasteiger partial charge is 0.496 e. The molecule has 156 valence electrons. The zero-order valence-corrected chi connectivity index (χ0v) is 18.1. The van der Waals surface area contributed by atoms with Crippen LogP contribution in [0.4, 0.5) is 11.4 Å². The summed E-state index contributed by atoms with van der Waals surface area (Å²) < 4.78 is 5.02. The first-order valence-electron chi connectivity index (χ1n) is 9.46. The number of methoxy groups -OCH3 is 1. The van der Waals surface area contributed by atoms with Crippen molar-refractivity contribution in [2.24, 2.45) is 5.92 Å². The van der Waals surface area contributed by atoms with Crippen molar-refractivity contribution in [3.8, 4) is 5.75 Å². The van der Waals surface area contributed by atoms with Crippen LogP contribution in [0.25, 0.3) is 10.2 Å². The summed E-state index contributed by atoms with van der Waals surface area (Å²) in [6, 6.07) is 4.33. The summed E-state index contributed by atoms with van der Waals surface area (Å²) in [6.07, 6.45) is 4.73. The number of thiophene rings is 1. The number of fused-ring (bicyclic) bond motifs is 3. The lowest BCUT2D eigenvalue weighted by atomic mass is 9.89. The molecule has 10 heteroatoms. The molecule has 0 saturated heterocycles. The SMILES string of the molecule is COc1ccc(NC(=O)CSc2ncnc3sc4c(c23)CCC(C)C4)c([N+](=O)[O-])c1. The van der Waals surface area contributed by atoms with Gasteiger partial charge in [-0.1, -0.05) is 18.7 Å². The molecule has 1 unspecified atom stereocenters. The number of amides is 1. The highest BCUT2D eigenvalue weighted by Gasteiger charge is 2.24. The van der Waals surface area contributed by atoms with E-state index in [1.54, 1.807) is 17.4 Å². The molecule has 1 atom stereocenters. The van der Waals surface area contributed by atoms with E-state index >= 15 is 0 Å². The number of nitro groups is 1. The smallest absolute Gasteiger partial charge is 0.296 e. The van der Waals surface area contributed by atoms with Gasteiger partial charge < -0.3 is 10.1 Å². The van der Waals surface area contributed by atoms with Gasteiger partial charge in [-0.3, -0.25) is 14.9 Å². The Hall–Kier alpha value is -2.72. The van der Waals surface area contributed by atoms with Gasteiger partial charge in [0.05, 0.1) is 23.9 Å². The van der Waals surface area contributed by atoms with Crippen LogP contribution in [-0.4, -0.2) is 33.7 Å². The molecule has 4 rings (SSSR count). The third-order valence-corrected chi connectivity index (χ3v) is 7.22. The molecule has 1 aliphatic rings. The summed E-state index contributed by atoms with van der Waals surface area (Å²) in [5, 5.41) is 15.8. The first kappa shape index (κ1) is 20.5. The van der Waals surface area contributed by atoms with Crippen LogP contribution < -0.4 is 10.1 Å². The number of nitrogens with one attached hydrogen (secondary N) is 1. The highest BCUT2D eigenvalue weighted by Crippen LogP contribution is 2.40.